The average molecular weight is 337 g/mol. The molecule has 1 heterocycles. The van der Waals surface area contributed by atoms with Gasteiger partial charge in [0.05, 0.1) is 0 Å². The summed E-state index contributed by atoms with van der Waals surface area (Å²) in [6, 6.07) is 6.45. The Kier molecular flexibility index (Phi) is 4.37. The number of rotatable bonds is 2. The van der Waals surface area contributed by atoms with E-state index in [-0.39, 0.29) is 0 Å². The highest BCUT2D eigenvalue weighted by atomic mass is 79.9. The Bertz CT molecular complexity index is 456. The van der Waals surface area contributed by atoms with Crippen LogP contribution in [0.15, 0.2) is 22.7 Å². The fourth-order valence-corrected chi connectivity index (χ4v) is 4.59. The van der Waals surface area contributed by atoms with Crippen molar-refractivity contribution in [2.45, 2.75) is 51.5 Å². The van der Waals surface area contributed by atoms with Gasteiger partial charge in [-0.05, 0) is 43.2 Å². The molecular weight excluding hydrogens is 312 g/mol. The molecule has 0 bridgehead atoms. The summed E-state index contributed by atoms with van der Waals surface area (Å²) in [5, 5.41) is 0. The number of piperidine rings is 1. The van der Waals surface area contributed by atoms with Crippen molar-refractivity contribution in [1.82, 2.24) is 0 Å². The highest BCUT2D eigenvalue weighted by molar-refractivity contribution is 9.10. The van der Waals surface area contributed by atoms with Crippen LogP contribution >= 0.6 is 15.9 Å². The number of nitrogens with zero attached hydrogens (tertiary/aromatic N) is 1. The third-order valence-electron chi connectivity index (χ3n) is 5.38. The minimum absolute atomic E-state index is 0.610. The smallest absolute Gasteiger partial charge is 0.0423 e. The summed E-state index contributed by atoms with van der Waals surface area (Å²) >= 11 is 3.64. The molecule has 3 rings (SSSR count). The van der Waals surface area contributed by atoms with Crippen LogP contribution in [0.3, 0.4) is 0 Å². The topological polar surface area (TPSA) is 29.3 Å². The van der Waals surface area contributed by atoms with E-state index in [1.165, 1.54) is 69.3 Å². The Morgan fingerprint density at radius 2 is 1.75 bits per heavy atom. The molecule has 1 aromatic carbocycles. The van der Waals surface area contributed by atoms with Crippen LogP contribution in [0.25, 0.3) is 0 Å². The zero-order chi connectivity index (χ0) is 14.0. The number of hydrogen-bond acceptors (Lipinski definition) is 2. The molecule has 1 aliphatic carbocycles. The normalized spacial score (nSPS) is 22.2. The monoisotopic (exact) mass is 336 g/mol. The van der Waals surface area contributed by atoms with Gasteiger partial charge in [0.15, 0.2) is 0 Å². The minimum atomic E-state index is 0.610. The second-order valence-electron chi connectivity index (χ2n) is 6.49. The maximum absolute atomic E-state index is 5.94. The Balaban J connectivity index is 1.73. The molecule has 1 spiro atoms. The van der Waals surface area contributed by atoms with Crippen LogP contribution in [0, 0.1) is 5.41 Å². The molecule has 1 aliphatic heterocycles. The van der Waals surface area contributed by atoms with Crippen molar-refractivity contribution < 1.29 is 0 Å². The zero-order valence-electron chi connectivity index (χ0n) is 12.2. The van der Waals surface area contributed by atoms with Crippen molar-refractivity contribution in [3.05, 3.63) is 28.2 Å². The van der Waals surface area contributed by atoms with Crippen LogP contribution in [-0.4, -0.2) is 13.1 Å². The summed E-state index contributed by atoms with van der Waals surface area (Å²) < 4.78 is 1.15. The number of halogens is 1. The van der Waals surface area contributed by atoms with Crippen molar-refractivity contribution >= 4 is 21.6 Å². The van der Waals surface area contributed by atoms with Crippen LogP contribution < -0.4 is 10.6 Å². The first kappa shape index (κ1) is 14.4. The first-order chi connectivity index (χ1) is 9.74. The standard InChI is InChI=1S/C17H25BrN2/c18-15-5-4-6-16(14(15)13-19)20-11-9-17(10-12-20)7-2-1-3-8-17/h4-6H,1-3,7-13,19H2. The molecule has 1 aromatic rings. The summed E-state index contributed by atoms with van der Waals surface area (Å²) in [5.41, 5.74) is 9.20. The summed E-state index contributed by atoms with van der Waals surface area (Å²) in [5.74, 6) is 0. The third-order valence-corrected chi connectivity index (χ3v) is 6.12. The molecule has 20 heavy (non-hydrogen) atoms. The number of anilines is 1. The molecule has 2 fully saturated rings. The molecule has 2 N–H and O–H groups in total. The first-order valence-electron chi connectivity index (χ1n) is 7.97. The van der Waals surface area contributed by atoms with E-state index in [4.69, 9.17) is 5.73 Å². The van der Waals surface area contributed by atoms with E-state index in [0.717, 1.165) is 4.47 Å². The van der Waals surface area contributed by atoms with Gasteiger partial charge in [-0.3, -0.25) is 0 Å². The van der Waals surface area contributed by atoms with Gasteiger partial charge in [-0.1, -0.05) is 41.3 Å². The lowest BCUT2D eigenvalue weighted by molar-refractivity contribution is 0.144. The molecule has 2 nitrogen and oxygen atoms in total. The van der Waals surface area contributed by atoms with E-state index in [0.29, 0.717) is 12.0 Å². The first-order valence-corrected chi connectivity index (χ1v) is 8.76. The van der Waals surface area contributed by atoms with E-state index in [1.54, 1.807) is 0 Å². The molecule has 3 heteroatoms. The van der Waals surface area contributed by atoms with Crippen LogP contribution in [-0.2, 0) is 6.54 Å². The molecule has 2 aliphatic rings. The van der Waals surface area contributed by atoms with Gasteiger partial charge >= 0.3 is 0 Å². The fraction of sp³-hybridized carbons (Fsp3) is 0.647. The summed E-state index contributed by atoms with van der Waals surface area (Å²) in [7, 11) is 0. The predicted octanol–water partition coefficient (Wildman–Crippen LogP) is 4.46. The lowest BCUT2D eigenvalue weighted by Crippen LogP contribution is -2.41. The van der Waals surface area contributed by atoms with Gasteiger partial charge in [0.25, 0.3) is 0 Å². The van der Waals surface area contributed by atoms with Gasteiger partial charge in [0.2, 0.25) is 0 Å². The number of benzene rings is 1. The second-order valence-corrected chi connectivity index (χ2v) is 7.34. The summed E-state index contributed by atoms with van der Waals surface area (Å²) in [4.78, 5) is 2.55. The lowest BCUT2D eigenvalue weighted by atomic mass is 9.68. The van der Waals surface area contributed by atoms with E-state index in [9.17, 15) is 0 Å². The fourth-order valence-electron chi connectivity index (χ4n) is 4.07. The maximum Gasteiger partial charge on any atom is 0.0423 e. The van der Waals surface area contributed by atoms with Crippen LogP contribution in [0.1, 0.15) is 50.5 Å². The molecule has 0 unspecified atom stereocenters. The number of hydrogen-bond donors (Lipinski definition) is 1. The lowest BCUT2D eigenvalue weighted by Gasteiger charge is -2.45. The molecule has 1 saturated heterocycles. The van der Waals surface area contributed by atoms with Crippen molar-refractivity contribution in [1.29, 1.82) is 0 Å². The average Bonchev–Trinajstić information content (AvgIpc) is 2.49. The van der Waals surface area contributed by atoms with Crippen LogP contribution in [0.4, 0.5) is 5.69 Å². The zero-order valence-corrected chi connectivity index (χ0v) is 13.8. The van der Waals surface area contributed by atoms with Crippen molar-refractivity contribution in [3.63, 3.8) is 0 Å². The molecule has 0 atom stereocenters. The largest absolute Gasteiger partial charge is 0.371 e. The third kappa shape index (κ3) is 2.75. The van der Waals surface area contributed by atoms with Crippen molar-refractivity contribution in [3.8, 4) is 0 Å². The van der Waals surface area contributed by atoms with Crippen molar-refractivity contribution in [2.75, 3.05) is 18.0 Å². The van der Waals surface area contributed by atoms with Gasteiger partial charge < -0.3 is 10.6 Å². The molecular formula is C17H25BrN2. The molecule has 0 aromatic heterocycles. The highest BCUT2D eigenvalue weighted by Gasteiger charge is 2.35. The maximum atomic E-state index is 5.94. The Labute approximate surface area is 130 Å². The Morgan fingerprint density at radius 1 is 1.05 bits per heavy atom. The van der Waals surface area contributed by atoms with E-state index in [1.807, 2.05) is 0 Å². The second kappa shape index (κ2) is 6.07. The van der Waals surface area contributed by atoms with Gasteiger partial charge in [0.1, 0.15) is 0 Å². The molecule has 1 saturated carbocycles. The van der Waals surface area contributed by atoms with E-state index in [2.05, 4.69) is 39.0 Å². The van der Waals surface area contributed by atoms with Crippen LogP contribution in [0.5, 0.6) is 0 Å². The van der Waals surface area contributed by atoms with Crippen molar-refractivity contribution in [2.24, 2.45) is 11.1 Å². The quantitative estimate of drug-likeness (QED) is 0.863. The van der Waals surface area contributed by atoms with Gasteiger partial charge in [0, 0.05) is 35.4 Å². The van der Waals surface area contributed by atoms with Gasteiger partial charge in [-0.2, -0.15) is 0 Å². The Morgan fingerprint density at radius 3 is 2.40 bits per heavy atom. The minimum Gasteiger partial charge on any atom is -0.371 e. The van der Waals surface area contributed by atoms with E-state index < -0.39 is 0 Å². The van der Waals surface area contributed by atoms with Gasteiger partial charge in [-0.25, -0.2) is 0 Å². The highest BCUT2D eigenvalue weighted by Crippen LogP contribution is 2.45. The Hall–Kier alpha value is -0.540. The summed E-state index contributed by atoms with van der Waals surface area (Å²) in [6.45, 7) is 3.01. The van der Waals surface area contributed by atoms with Crippen LogP contribution in [0.2, 0.25) is 0 Å². The molecule has 0 radical (unpaired) electrons. The molecule has 0 amide bonds. The predicted molar refractivity (Wildman–Crippen MR) is 89.0 cm³/mol. The molecule has 110 valence electrons. The number of nitrogens with two attached hydrogens (primary N) is 1. The SMILES string of the molecule is NCc1c(Br)cccc1N1CCC2(CCCCC2)CC1. The summed E-state index contributed by atoms with van der Waals surface area (Å²) in [6.07, 6.45) is 10.0. The van der Waals surface area contributed by atoms with Gasteiger partial charge in [-0.15, -0.1) is 0 Å². The van der Waals surface area contributed by atoms with E-state index >= 15 is 0 Å².